The standard InChI is InChI=1S/C20H20N2O4/c1-25-17-7-3-5-15(13-17)9-11-19(23)21-22-20(24)12-10-16-6-4-8-18(14-16)26-2/h3-14H,1-2H3,(H,21,23)(H,22,24)/b11-9+,12-10+. The molecular weight excluding hydrogens is 332 g/mol. The Morgan fingerprint density at radius 1 is 0.769 bits per heavy atom. The molecule has 2 N–H and O–H groups in total. The number of nitrogens with one attached hydrogen (secondary N) is 2. The third-order valence-electron chi connectivity index (χ3n) is 3.35. The fraction of sp³-hybridized carbons (Fsp3) is 0.100. The summed E-state index contributed by atoms with van der Waals surface area (Å²) in [6, 6.07) is 14.5. The molecule has 0 saturated heterocycles. The molecule has 2 aromatic rings. The molecule has 0 heterocycles. The highest BCUT2D eigenvalue weighted by Crippen LogP contribution is 2.14. The van der Waals surface area contributed by atoms with Crippen LogP contribution >= 0.6 is 0 Å². The average molecular weight is 352 g/mol. The first-order valence-corrected chi connectivity index (χ1v) is 7.85. The molecule has 0 spiro atoms. The molecule has 0 fully saturated rings. The van der Waals surface area contributed by atoms with Gasteiger partial charge in [-0.05, 0) is 47.5 Å². The number of carbonyl (C=O) groups is 2. The smallest absolute Gasteiger partial charge is 0.262 e. The van der Waals surface area contributed by atoms with Gasteiger partial charge in [-0.25, -0.2) is 0 Å². The molecule has 6 nitrogen and oxygen atoms in total. The van der Waals surface area contributed by atoms with Gasteiger partial charge in [0.2, 0.25) is 0 Å². The van der Waals surface area contributed by atoms with E-state index in [2.05, 4.69) is 10.9 Å². The van der Waals surface area contributed by atoms with Crippen LogP contribution in [0.4, 0.5) is 0 Å². The lowest BCUT2D eigenvalue weighted by molar-refractivity contribution is -0.123. The first-order valence-electron chi connectivity index (χ1n) is 7.85. The highest BCUT2D eigenvalue weighted by molar-refractivity contribution is 5.96. The Balaban J connectivity index is 1.83. The average Bonchev–Trinajstić information content (AvgIpc) is 2.69. The van der Waals surface area contributed by atoms with Crippen LogP contribution < -0.4 is 20.3 Å². The summed E-state index contributed by atoms with van der Waals surface area (Å²) in [5, 5.41) is 0. The van der Waals surface area contributed by atoms with Gasteiger partial charge in [-0.15, -0.1) is 0 Å². The zero-order chi connectivity index (χ0) is 18.8. The first kappa shape index (κ1) is 18.8. The zero-order valence-corrected chi connectivity index (χ0v) is 14.6. The number of rotatable bonds is 6. The number of ether oxygens (including phenoxy) is 2. The largest absolute Gasteiger partial charge is 0.497 e. The molecule has 0 atom stereocenters. The molecule has 0 saturated carbocycles. The first-order chi connectivity index (χ1) is 12.6. The lowest BCUT2D eigenvalue weighted by Gasteiger charge is -2.03. The lowest BCUT2D eigenvalue weighted by atomic mass is 10.2. The fourth-order valence-corrected chi connectivity index (χ4v) is 2.04. The Kier molecular flexibility index (Phi) is 7.00. The van der Waals surface area contributed by atoms with E-state index in [9.17, 15) is 9.59 Å². The van der Waals surface area contributed by atoms with Crippen LogP contribution in [0, 0.1) is 0 Å². The SMILES string of the molecule is COc1cccc(/C=C/C(=O)NNC(=O)/C=C/c2cccc(OC)c2)c1. The normalized spacial score (nSPS) is 10.7. The van der Waals surface area contributed by atoms with E-state index in [1.54, 1.807) is 38.5 Å². The molecule has 2 amide bonds. The Hall–Kier alpha value is -3.54. The number of hydrazine groups is 1. The van der Waals surface area contributed by atoms with Crippen molar-refractivity contribution in [2.45, 2.75) is 0 Å². The van der Waals surface area contributed by atoms with Crippen LogP contribution in [0.2, 0.25) is 0 Å². The predicted octanol–water partition coefficient (Wildman–Crippen LogP) is 2.58. The summed E-state index contributed by atoms with van der Waals surface area (Å²) in [5.41, 5.74) is 6.23. The number of hydrogen-bond acceptors (Lipinski definition) is 4. The molecule has 0 bridgehead atoms. The summed E-state index contributed by atoms with van der Waals surface area (Å²) in [7, 11) is 3.15. The van der Waals surface area contributed by atoms with E-state index >= 15 is 0 Å². The van der Waals surface area contributed by atoms with Crippen molar-refractivity contribution in [3.8, 4) is 11.5 Å². The third-order valence-corrected chi connectivity index (χ3v) is 3.35. The topological polar surface area (TPSA) is 76.7 Å². The molecule has 0 unspecified atom stereocenters. The van der Waals surface area contributed by atoms with Gasteiger partial charge >= 0.3 is 0 Å². The molecule has 0 aromatic heterocycles. The second-order valence-electron chi connectivity index (χ2n) is 5.20. The number of benzene rings is 2. The van der Waals surface area contributed by atoms with Gasteiger partial charge in [0.15, 0.2) is 0 Å². The summed E-state index contributed by atoms with van der Waals surface area (Å²) >= 11 is 0. The molecule has 0 aliphatic heterocycles. The molecule has 2 rings (SSSR count). The van der Waals surface area contributed by atoms with E-state index in [4.69, 9.17) is 9.47 Å². The van der Waals surface area contributed by atoms with Gasteiger partial charge in [0.25, 0.3) is 11.8 Å². The van der Waals surface area contributed by atoms with Crippen molar-refractivity contribution in [3.05, 3.63) is 71.8 Å². The van der Waals surface area contributed by atoms with Crippen LogP contribution in [-0.4, -0.2) is 26.0 Å². The Morgan fingerprint density at radius 3 is 1.58 bits per heavy atom. The van der Waals surface area contributed by atoms with Crippen LogP contribution in [0.1, 0.15) is 11.1 Å². The Labute approximate surface area is 152 Å². The molecule has 0 aliphatic carbocycles. The second kappa shape index (κ2) is 9.68. The monoisotopic (exact) mass is 352 g/mol. The Bertz CT molecular complexity index is 759. The van der Waals surface area contributed by atoms with E-state index in [0.717, 1.165) is 11.1 Å². The maximum Gasteiger partial charge on any atom is 0.262 e. The van der Waals surface area contributed by atoms with Crippen LogP contribution in [0.25, 0.3) is 12.2 Å². The lowest BCUT2D eigenvalue weighted by Crippen LogP contribution is -2.39. The van der Waals surface area contributed by atoms with Crippen molar-refractivity contribution in [1.82, 2.24) is 10.9 Å². The van der Waals surface area contributed by atoms with Gasteiger partial charge in [0.05, 0.1) is 14.2 Å². The van der Waals surface area contributed by atoms with E-state index in [0.29, 0.717) is 11.5 Å². The Morgan fingerprint density at radius 2 is 1.19 bits per heavy atom. The van der Waals surface area contributed by atoms with Gasteiger partial charge in [-0.3, -0.25) is 20.4 Å². The zero-order valence-electron chi connectivity index (χ0n) is 14.6. The minimum absolute atomic E-state index is 0.448. The van der Waals surface area contributed by atoms with Crippen molar-refractivity contribution < 1.29 is 19.1 Å². The number of carbonyl (C=O) groups excluding carboxylic acids is 2. The van der Waals surface area contributed by atoms with Crippen LogP contribution in [0.3, 0.4) is 0 Å². The van der Waals surface area contributed by atoms with Gasteiger partial charge in [-0.1, -0.05) is 24.3 Å². The highest BCUT2D eigenvalue weighted by Gasteiger charge is 1.99. The summed E-state index contributed by atoms with van der Waals surface area (Å²) < 4.78 is 10.2. The van der Waals surface area contributed by atoms with E-state index in [1.165, 1.54) is 12.2 Å². The van der Waals surface area contributed by atoms with E-state index in [-0.39, 0.29) is 0 Å². The summed E-state index contributed by atoms with van der Waals surface area (Å²) in [5.74, 6) is 0.499. The van der Waals surface area contributed by atoms with Crippen molar-refractivity contribution in [2.75, 3.05) is 14.2 Å². The maximum atomic E-state index is 11.7. The van der Waals surface area contributed by atoms with Gasteiger partial charge in [-0.2, -0.15) is 0 Å². The van der Waals surface area contributed by atoms with Gasteiger partial charge < -0.3 is 9.47 Å². The van der Waals surface area contributed by atoms with E-state index in [1.807, 2.05) is 36.4 Å². The quantitative estimate of drug-likeness (QED) is 0.619. The maximum absolute atomic E-state index is 11.7. The van der Waals surface area contributed by atoms with Gasteiger partial charge in [0, 0.05) is 12.2 Å². The molecule has 0 radical (unpaired) electrons. The summed E-state index contributed by atoms with van der Waals surface area (Å²) in [4.78, 5) is 23.5. The molecule has 2 aromatic carbocycles. The number of amides is 2. The van der Waals surface area contributed by atoms with Crippen molar-refractivity contribution in [1.29, 1.82) is 0 Å². The molecule has 0 aliphatic rings. The minimum atomic E-state index is -0.448. The highest BCUT2D eigenvalue weighted by atomic mass is 16.5. The van der Waals surface area contributed by atoms with Crippen LogP contribution in [-0.2, 0) is 9.59 Å². The second-order valence-corrected chi connectivity index (χ2v) is 5.20. The van der Waals surface area contributed by atoms with Crippen molar-refractivity contribution in [2.24, 2.45) is 0 Å². The third kappa shape index (κ3) is 6.16. The summed E-state index contributed by atoms with van der Waals surface area (Å²) in [6.45, 7) is 0. The molecular formula is C20H20N2O4. The molecule has 6 heteroatoms. The predicted molar refractivity (Wildman–Crippen MR) is 100 cm³/mol. The number of methoxy groups -OCH3 is 2. The summed E-state index contributed by atoms with van der Waals surface area (Å²) in [6.07, 6.45) is 5.88. The van der Waals surface area contributed by atoms with Crippen molar-refractivity contribution in [3.63, 3.8) is 0 Å². The number of hydrogen-bond donors (Lipinski definition) is 2. The van der Waals surface area contributed by atoms with Crippen molar-refractivity contribution >= 4 is 24.0 Å². The minimum Gasteiger partial charge on any atom is -0.497 e. The molecule has 26 heavy (non-hydrogen) atoms. The van der Waals surface area contributed by atoms with Crippen LogP contribution in [0.15, 0.2) is 60.7 Å². The van der Waals surface area contributed by atoms with E-state index < -0.39 is 11.8 Å². The fourth-order valence-electron chi connectivity index (χ4n) is 2.04. The van der Waals surface area contributed by atoms with Gasteiger partial charge in [0.1, 0.15) is 11.5 Å². The van der Waals surface area contributed by atoms with Crippen LogP contribution in [0.5, 0.6) is 11.5 Å². The molecule has 134 valence electrons.